The van der Waals surface area contributed by atoms with Crippen molar-refractivity contribution in [3.63, 3.8) is 0 Å². The molecular formula is C21H21ClN8O4S2. The zero-order valence-corrected chi connectivity index (χ0v) is 21.2. The molecule has 1 saturated heterocycles. The summed E-state index contributed by atoms with van der Waals surface area (Å²) in [5.74, 6) is 0. The number of aliphatic hydroxyl groups excluding tert-OH is 2. The van der Waals surface area contributed by atoms with Crippen LogP contribution >= 0.6 is 35.6 Å². The lowest BCUT2D eigenvalue weighted by Gasteiger charge is -2.60. The second kappa shape index (κ2) is 9.30. The Morgan fingerprint density at radius 1 is 1.25 bits per heavy atom. The van der Waals surface area contributed by atoms with Crippen LogP contribution in [0.5, 0.6) is 0 Å². The number of anilines is 1. The molecule has 0 aliphatic carbocycles. The second-order valence-electron chi connectivity index (χ2n) is 8.01. The van der Waals surface area contributed by atoms with Gasteiger partial charge in [0.2, 0.25) is 0 Å². The third-order valence-corrected chi connectivity index (χ3v) is 7.85. The summed E-state index contributed by atoms with van der Waals surface area (Å²) in [4.78, 5) is 16.8. The van der Waals surface area contributed by atoms with Crippen LogP contribution in [0.3, 0.4) is 0 Å². The fraction of sp³-hybridized carbons (Fsp3) is 0.333. The number of halogens is 1. The first-order valence-corrected chi connectivity index (χ1v) is 12.3. The fourth-order valence-electron chi connectivity index (χ4n) is 4.73. The van der Waals surface area contributed by atoms with Crippen molar-refractivity contribution in [2.45, 2.75) is 27.7 Å². The highest BCUT2D eigenvalue weighted by atomic mass is 35.5. The van der Waals surface area contributed by atoms with E-state index in [1.54, 1.807) is 29.9 Å². The number of ether oxygens (including phenoxy) is 2. The molecule has 188 valence electrons. The average molecular weight is 549 g/mol. The molecule has 5 heterocycles. The number of nitrogens with two attached hydrogens (primary N) is 1. The average Bonchev–Trinajstić information content (AvgIpc) is 3.57. The van der Waals surface area contributed by atoms with Crippen molar-refractivity contribution in [2.75, 3.05) is 19.5 Å². The van der Waals surface area contributed by atoms with Crippen LogP contribution in [-0.2, 0) is 20.6 Å². The van der Waals surface area contributed by atoms with Gasteiger partial charge in [0.1, 0.15) is 29.3 Å². The summed E-state index contributed by atoms with van der Waals surface area (Å²) in [6.45, 7) is -0.760. The van der Waals surface area contributed by atoms with E-state index in [0.717, 1.165) is 0 Å². The highest BCUT2D eigenvalue weighted by Gasteiger charge is 2.73. The summed E-state index contributed by atoms with van der Waals surface area (Å²) in [6, 6.07) is 3.40. The van der Waals surface area contributed by atoms with Gasteiger partial charge in [-0.05, 0) is 6.07 Å². The van der Waals surface area contributed by atoms with Gasteiger partial charge in [0.15, 0.2) is 21.3 Å². The van der Waals surface area contributed by atoms with E-state index in [1.165, 1.54) is 48.0 Å². The maximum atomic E-state index is 12.1. The Morgan fingerprint density at radius 3 is 2.61 bits per heavy atom. The molecule has 1 aliphatic heterocycles. The van der Waals surface area contributed by atoms with Gasteiger partial charge in [0.25, 0.3) is 0 Å². The molecule has 1 aliphatic rings. The van der Waals surface area contributed by atoms with E-state index < -0.39 is 34.3 Å². The number of nitrogens with zero attached hydrogens (tertiary/aromatic N) is 7. The molecule has 5 rings (SSSR count). The molecule has 1 fully saturated rings. The Bertz CT molecular complexity index is 1350. The Kier molecular flexibility index (Phi) is 6.45. The predicted octanol–water partition coefficient (Wildman–Crippen LogP) is 1.03. The lowest BCUT2D eigenvalue weighted by Crippen LogP contribution is -2.75. The van der Waals surface area contributed by atoms with Gasteiger partial charge in [-0.3, -0.25) is 4.98 Å². The number of aromatic nitrogens is 7. The standard InChI is InChI=1S/C21H21ClN8O4S2/c1-33-21(13-6-25-11-26-7-13)17(35)34-19(22,10-31)16(32)20(21,12-3-2-4-24-5-12)30-8-14(28-29-30)15-9-36-18(23)27-15/h2-9,11,16-17,31-32,35H,10H2,1H3,(H2,23,27)/t16-,17+,19+,20?,21-/m0/s1. The van der Waals surface area contributed by atoms with Crippen molar-refractivity contribution in [3.05, 3.63) is 66.0 Å². The molecule has 0 bridgehead atoms. The molecule has 0 spiro atoms. The van der Waals surface area contributed by atoms with Crippen LogP contribution < -0.4 is 5.73 Å². The SMILES string of the molecule is CO[C@@]1(c2cncnc2)[C@@H](S)O[C@](Cl)(CO)[C@H](O)C1(c1cccnc1)n1cc(-c2csc(N)n2)nn1. The van der Waals surface area contributed by atoms with E-state index in [4.69, 9.17) is 39.4 Å². The Balaban J connectivity index is 1.89. The Morgan fingerprint density at radius 2 is 2.00 bits per heavy atom. The topological polar surface area (TPSA) is 167 Å². The van der Waals surface area contributed by atoms with Crippen LogP contribution in [0.4, 0.5) is 5.13 Å². The van der Waals surface area contributed by atoms with Crippen LogP contribution in [-0.4, -0.2) is 75.5 Å². The number of nitrogen functional groups attached to an aromatic ring is 1. The largest absolute Gasteiger partial charge is 0.392 e. The number of thiol groups is 1. The van der Waals surface area contributed by atoms with Crippen molar-refractivity contribution in [1.82, 2.24) is 34.9 Å². The van der Waals surface area contributed by atoms with Crippen LogP contribution in [0.1, 0.15) is 11.1 Å². The van der Waals surface area contributed by atoms with Crippen molar-refractivity contribution < 1.29 is 19.7 Å². The van der Waals surface area contributed by atoms with Crippen molar-refractivity contribution in [2.24, 2.45) is 0 Å². The van der Waals surface area contributed by atoms with E-state index in [0.29, 0.717) is 27.6 Å². The van der Waals surface area contributed by atoms with Crippen LogP contribution in [0.15, 0.2) is 54.8 Å². The van der Waals surface area contributed by atoms with Crippen LogP contribution in [0.2, 0.25) is 0 Å². The van der Waals surface area contributed by atoms with Gasteiger partial charge in [-0.15, -0.1) is 29.1 Å². The second-order valence-corrected chi connectivity index (χ2v) is 10.0. The van der Waals surface area contributed by atoms with E-state index in [2.05, 4.69) is 30.2 Å². The van der Waals surface area contributed by atoms with Gasteiger partial charge in [-0.25, -0.2) is 19.6 Å². The minimum absolute atomic E-state index is 0.357. The molecule has 4 N–H and O–H groups in total. The molecule has 0 saturated carbocycles. The number of hydrogen-bond donors (Lipinski definition) is 4. The number of methoxy groups -OCH3 is 1. The van der Waals surface area contributed by atoms with E-state index in [1.807, 2.05) is 0 Å². The summed E-state index contributed by atoms with van der Waals surface area (Å²) >= 11 is 12.7. The number of alkyl halides is 1. The van der Waals surface area contributed by atoms with Gasteiger partial charge in [-0.2, -0.15) is 0 Å². The van der Waals surface area contributed by atoms with Crippen LogP contribution in [0, 0.1) is 0 Å². The van der Waals surface area contributed by atoms with Crippen LogP contribution in [0.25, 0.3) is 11.4 Å². The lowest BCUT2D eigenvalue weighted by atomic mass is 9.65. The summed E-state index contributed by atoms with van der Waals surface area (Å²) < 4.78 is 13.5. The monoisotopic (exact) mass is 548 g/mol. The highest BCUT2D eigenvalue weighted by molar-refractivity contribution is 7.80. The van der Waals surface area contributed by atoms with Gasteiger partial charge in [0.05, 0.1) is 12.8 Å². The Labute approximate surface area is 219 Å². The predicted molar refractivity (Wildman–Crippen MR) is 133 cm³/mol. The molecule has 12 nitrogen and oxygen atoms in total. The molecule has 1 unspecified atom stereocenters. The minimum atomic E-state index is -2.02. The first-order valence-electron chi connectivity index (χ1n) is 10.5. The molecular weight excluding hydrogens is 528 g/mol. The maximum Gasteiger partial charge on any atom is 0.194 e. The number of aliphatic hydroxyl groups is 2. The summed E-state index contributed by atoms with van der Waals surface area (Å²) in [6.07, 6.45) is 7.37. The smallest absolute Gasteiger partial charge is 0.194 e. The van der Waals surface area contributed by atoms with Crippen molar-refractivity contribution in [3.8, 4) is 11.4 Å². The highest BCUT2D eigenvalue weighted by Crippen LogP contribution is 2.58. The van der Waals surface area contributed by atoms with Gasteiger partial charge in [0, 0.05) is 48.4 Å². The van der Waals surface area contributed by atoms with Crippen molar-refractivity contribution in [1.29, 1.82) is 0 Å². The normalized spacial score (nSPS) is 30.4. The molecule has 0 aromatic carbocycles. The van der Waals surface area contributed by atoms with E-state index in [9.17, 15) is 10.2 Å². The molecule has 15 heteroatoms. The summed E-state index contributed by atoms with van der Waals surface area (Å²) in [5.41, 5.74) is 2.88. The molecule has 0 radical (unpaired) electrons. The molecule has 0 amide bonds. The minimum Gasteiger partial charge on any atom is -0.392 e. The zero-order valence-electron chi connectivity index (χ0n) is 18.7. The Hall–Kier alpha value is -2.72. The first-order chi connectivity index (χ1) is 17.3. The maximum absolute atomic E-state index is 12.1. The first kappa shape index (κ1) is 25.0. The summed E-state index contributed by atoms with van der Waals surface area (Å²) in [7, 11) is 1.43. The van der Waals surface area contributed by atoms with Crippen molar-refractivity contribution >= 4 is 40.7 Å². The number of pyridine rings is 1. The number of rotatable bonds is 6. The van der Waals surface area contributed by atoms with E-state index in [-0.39, 0.29) is 0 Å². The van der Waals surface area contributed by atoms with Gasteiger partial charge < -0.3 is 25.4 Å². The molecule has 4 aromatic rings. The number of hydrogen-bond acceptors (Lipinski definition) is 13. The third-order valence-electron chi connectivity index (χ3n) is 6.29. The molecule has 36 heavy (non-hydrogen) atoms. The zero-order chi connectivity index (χ0) is 25.6. The molecule has 4 aromatic heterocycles. The quantitative estimate of drug-likeness (QED) is 0.200. The lowest BCUT2D eigenvalue weighted by molar-refractivity contribution is -0.283. The van der Waals surface area contributed by atoms with E-state index >= 15 is 0 Å². The molecule has 5 atom stereocenters. The third kappa shape index (κ3) is 3.44. The summed E-state index contributed by atoms with van der Waals surface area (Å²) in [5, 5.41) is 31.1. The fourth-order valence-corrected chi connectivity index (χ4v) is 6.24. The van der Waals surface area contributed by atoms with Gasteiger partial charge in [-0.1, -0.05) is 22.9 Å². The van der Waals surface area contributed by atoms with Gasteiger partial charge >= 0.3 is 0 Å². The number of thiazole rings is 1.